The second-order valence-electron chi connectivity index (χ2n) is 4.39. The molecule has 1 aromatic heterocycles. The zero-order valence-corrected chi connectivity index (χ0v) is 12.3. The molecule has 0 saturated carbocycles. The average molecular weight is 286 g/mol. The van der Waals surface area contributed by atoms with Crippen LogP contribution in [0.5, 0.6) is 0 Å². The van der Waals surface area contributed by atoms with Crippen molar-refractivity contribution in [3.8, 4) is 0 Å². The number of rotatable bonds is 3. The van der Waals surface area contributed by atoms with Gasteiger partial charge in [-0.25, -0.2) is 0 Å². The summed E-state index contributed by atoms with van der Waals surface area (Å²) in [6.07, 6.45) is 0. The third kappa shape index (κ3) is 2.40. The smallest absolute Gasteiger partial charge is 0.195 e. The minimum absolute atomic E-state index is 0.160. The van der Waals surface area contributed by atoms with Gasteiger partial charge in [0, 0.05) is 25.9 Å². The van der Waals surface area contributed by atoms with Gasteiger partial charge in [-0.1, -0.05) is 25.1 Å². The number of hydrogen-bond donors (Lipinski definition) is 0. The van der Waals surface area contributed by atoms with E-state index in [-0.39, 0.29) is 5.43 Å². The summed E-state index contributed by atoms with van der Waals surface area (Å²) in [5.41, 5.74) is 1.40. The standard InChI is InChI=1S/C16H14OS2/c1-2-18-10-11-7-8-15-13(9-11)16(17)12-5-3-4-6-14(12)19-15/h3-9H,2,10H2,1H3. The van der Waals surface area contributed by atoms with Crippen LogP contribution in [-0.4, -0.2) is 5.75 Å². The van der Waals surface area contributed by atoms with E-state index in [1.807, 2.05) is 36.0 Å². The van der Waals surface area contributed by atoms with Gasteiger partial charge in [-0.05, 0) is 35.6 Å². The van der Waals surface area contributed by atoms with Gasteiger partial charge < -0.3 is 0 Å². The van der Waals surface area contributed by atoms with Crippen molar-refractivity contribution >= 4 is 43.3 Å². The fourth-order valence-electron chi connectivity index (χ4n) is 2.16. The number of hydrogen-bond acceptors (Lipinski definition) is 3. The lowest BCUT2D eigenvalue weighted by molar-refractivity contribution is 1.41. The molecule has 0 amide bonds. The highest BCUT2D eigenvalue weighted by atomic mass is 32.2. The van der Waals surface area contributed by atoms with Crippen LogP contribution < -0.4 is 5.43 Å². The molecule has 3 heteroatoms. The van der Waals surface area contributed by atoms with Crippen LogP contribution in [-0.2, 0) is 5.75 Å². The molecule has 0 bridgehead atoms. The van der Waals surface area contributed by atoms with Gasteiger partial charge in [-0.2, -0.15) is 11.8 Å². The lowest BCUT2D eigenvalue weighted by atomic mass is 10.1. The third-order valence-corrected chi connectivity index (χ3v) is 5.21. The molecular formula is C16H14OS2. The van der Waals surface area contributed by atoms with Crippen LogP contribution in [0.1, 0.15) is 12.5 Å². The Bertz CT molecular complexity index is 789. The quantitative estimate of drug-likeness (QED) is 0.651. The molecule has 0 spiro atoms. The molecule has 1 heterocycles. The molecule has 0 fully saturated rings. The van der Waals surface area contributed by atoms with Gasteiger partial charge in [0.1, 0.15) is 0 Å². The van der Waals surface area contributed by atoms with E-state index in [0.717, 1.165) is 31.7 Å². The first-order valence-electron chi connectivity index (χ1n) is 6.32. The minimum Gasteiger partial charge on any atom is -0.289 e. The lowest BCUT2D eigenvalue weighted by Gasteiger charge is -2.04. The highest BCUT2D eigenvalue weighted by molar-refractivity contribution is 7.98. The summed E-state index contributed by atoms with van der Waals surface area (Å²) in [6.45, 7) is 2.15. The van der Waals surface area contributed by atoms with E-state index < -0.39 is 0 Å². The molecule has 0 unspecified atom stereocenters. The van der Waals surface area contributed by atoms with Crippen LogP contribution >= 0.6 is 23.1 Å². The topological polar surface area (TPSA) is 17.1 Å². The van der Waals surface area contributed by atoms with Crippen molar-refractivity contribution in [3.05, 3.63) is 58.3 Å². The van der Waals surface area contributed by atoms with Crippen molar-refractivity contribution in [2.45, 2.75) is 12.7 Å². The zero-order chi connectivity index (χ0) is 13.2. The minimum atomic E-state index is 0.160. The summed E-state index contributed by atoms with van der Waals surface area (Å²) >= 11 is 3.57. The van der Waals surface area contributed by atoms with Gasteiger partial charge in [0.25, 0.3) is 0 Å². The van der Waals surface area contributed by atoms with Gasteiger partial charge in [-0.15, -0.1) is 11.3 Å². The Hall–Kier alpha value is -1.32. The van der Waals surface area contributed by atoms with Crippen molar-refractivity contribution in [3.63, 3.8) is 0 Å². The molecule has 0 N–H and O–H groups in total. The lowest BCUT2D eigenvalue weighted by Crippen LogP contribution is -2.01. The maximum atomic E-state index is 12.5. The van der Waals surface area contributed by atoms with Gasteiger partial charge in [-0.3, -0.25) is 4.79 Å². The molecule has 96 valence electrons. The second kappa shape index (κ2) is 5.35. The summed E-state index contributed by atoms with van der Waals surface area (Å²) in [4.78, 5) is 12.5. The van der Waals surface area contributed by atoms with E-state index in [0.29, 0.717) is 0 Å². The summed E-state index contributed by atoms with van der Waals surface area (Å²) in [5.74, 6) is 2.08. The second-order valence-corrected chi connectivity index (χ2v) is 6.75. The SMILES string of the molecule is CCSCc1ccc2sc3ccccc3c(=O)c2c1. The molecule has 2 aromatic carbocycles. The Morgan fingerprint density at radius 2 is 1.84 bits per heavy atom. The van der Waals surface area contributed by atoms with Gasteiger partial charge in [0.2, 0.25) is 0 Å². The van der Waals surface area contributed by atoms with Crippen molar-refractivity contribution in [1.29, 1.82) is 0 Å². The van der Waals surface area contributed by atoms with Crippen molar-refractivity contribution in [1.82, 2.24) is 0 Å². The molecule has 3 aromatic rings. The summed E-state index contributed by atoms with van der Waals surface area (Å²) in [7, 11) is 0. The van der Waals surface area contributed by atoms with E-state index in [2.05, 4.69) is 25.1 Å². The predicted octanol–water partition coefficient (Wildman–Crippen LogP) is 4.67. The molecule has 19 heavy (non-hydrogen) atoms. The molecule has 3 rings (SSSR count). The molecule has 0 saturated heterocycles. The van der Waals surface area contributed by atoms with Crippen molar-refractivity contribution in [2.24, 2.45) is 0 Å². The summed E-state index contributed by atoms with van der Waals surface area (Å²) < 4.78 is 2.14. The van der Waals surface area contributed by atoms with Gasteiger partial charge in [0.15, 0.2) is 5.43 Å². The largest absolute Gasteiger partial charge is 0.289 e. The Labute approximate surface area is 120 Å². The van der Waals surface area contributed by atoms with Crippen LogP contribution in [0.2, 0.25) is 0 Å². The van der Waals surface area contributed by atoms with E-state index in [1.165, 1.54) is 5.56 Å². The van der Waals surface area contributed by atoms with E-state index in [4.69, 9.17) is 0 Å². The van der Waals surface area contributed by atoms with E-state index in [9.17, 15) is 4.79 Å². The first-order valence-corrected chi connectivity index (χ1v) is 8.29. The molecule has 0 aliphatic carbocycles. The Morgan fingerprint density at radius 3 is 2.68 bits per heavy atom. The van der Waals surface area contributed by atoms with Crippen LogP contribution in [0.4, 0.5) is 0 Å². The van der Waals surface area contributed by atoms with Gasteiger partial charge >= 0.3 is 0 Å². The van der Waals surface area contributed by atoms with Gasteiger partial charge in [0.05, 0.1) is 0 Å². The summed E-state index contributed by atoms with van der Waals surface area (Å²) in [6, 6.07) is 14.1. The fraction of sp³-hybridized carbons (Fsp3) is 0.188. The highest BCUT2D eigenvalue weighted by Gasteiger charge is 2.06. The Kier molecular flexibility index (Phi) is 3.58. The monoisotopic (exact) mass is 286 g/mol. The average Bonchev–Trinajstić information content (AvgIpc) is 2.46. The highest BCUT2D eigenvalue weighted by Crippen LogP contribution is 2.26. The molecular weight excluding hydrogens is 272 g/mol. The Balaban J connectivity index is 2.24. The maximum Gasteiger partial charge on any atom is 0.195 e. The molecule has 0 radical (unpaired) electrons. The van der Waals surface area contributed by atoms with Crippen molar-refractivity contribution in [2.75, 3.05) is 5.75 Å². The third-order valence-electron chi connectivity index (χ3n) is 3.11. The normalized spacial score (nSPS) is 11.2. The summed E-state index contributed by atoms with van der Waals surface area (Å²) in [5, 5.41) is 1.69. The number of benzene rings is 2. The number of thioether (sulfide) groups is 1. The molecule has 0 atom stereocenters. The predicted molar refractivity (Wildman–Crippen MR) is 87.4 cm³/mol. The maximum absolute atomic E-state index is 12.5. The number of fused-ring (bicyclic) bond motifs is 2. The molecule has 1 nitrogen and oxygen atoms in total. The molecule has 0 aliphatic rings. The molecule has 0 aliphatic heterocycles. The fourth-order valence-corrected chi connectivity index (χ4v) is 3.83. The Morgan fingerprint density at radius 1 is 1.05 bits per heavy atom. The zero-order valence-electron chi connectivity index (χ0n) is 10.7. The van der Waals surface area contributed by atoms with Crippen molar-refractivity contribution < 1.29 is 0 Å². The van der Waals surface area contributed by atoms with Crippen LogP contribution in [0, 0.1) is 0 Å². The van der Waals surface area contributed by atoms with Crippen LogP contribution in [0.15, 0.2) is 47.3 Å². The van der Waals surface area contributed by atoms with E-state index >= 15 is 0 Å². The first-order chi connectivity index (χ1) is 9.29. The first kappa shape index (κ1) is 12.7. The van der Waals surface area contributed by atoms with Crippen LogP contribution in [0.25, 0.3) is 20.2 Å². The van der Waals surface area contributed by atoms with Crippen LogP contribution in [0.3, 0.4) is 0 Å². The van der Waals surface area contributed by atoms with E-state index in [1.54, 1.807) is 11.3 Å².